The highest BCUT2D eigenvalue weighted by molar-refractivity contribution is 5.74. The maximum absolute atomic E-state index is 4.92. The van der Waals surface area contributed by atoms with Crippen molar-refractivity contribution in [3.63, 3.8) is 0 Å². The number of hydrogen-bond acceptors (Lipinski definition) is 3. The predicted octanol–water partition coefficient (Wildman–Crippen LogP) is 4.34. The molecule has 1 saturated carbocycles. The van der Waals surface area contributed by atoms with Crippen molar-refractivity contribution in [3.8, 4) is 0 Å². The zero-order valence-corrected chi connectivity index (χ0v) is 14.3. The lowest BCUT2D eigenvalue weighted by Crippen LogP contribution is -2.49. The van der Waals surface area contributed by atoms with Gasteiger partial charge >= 0.3 is 0 Å². The van der Waals surface area contributed by atoms with Gasteiger partial charge in [0.05, 0.1) is 22.4 Å². The summed E-state index contributed by atoms with van der Waals surface area (Å²) >= 11 is 0. The molecule has 1 saturated heterocycles. The molecule has 2 aliphatic rings. The minimum atomic E-state index is 0.764. The van der Waals surface area contributed by atoms with Crippen molar-refractivity contribution in [1.29, 1.82) is 0 Å². The van der Waals surface area contributed by atoms with Crippen LogP contribution in [-0.2, 0) is 6.54 Å². The van der Waals surface area contributed by atoms with Crippen molar-refractivity contribution in [2.75, 3.05) is 6.54 Å². The first-order valence-electron chi connectivity index (χ1n) is 9.18. The quantitative estimate of drug-likeness (QED) is 0.826. The Labute approximate surface area is 139 Å². The van der Waals surface area contributed by atoms with Gasteiger partial charge in [-0.15, -0.1) is 0 Å². The monoisotopic (exact) mass is 309 g/mol. The maximum atomic E-state index is 4.92. The van der Waals surface area contributed by atoms with E-state index in [1.54, 1.807) is 0 Å². The highest BCUT2D eigenvalue weighted by Crippen LogP contribution is 2.39. The van der Waals surface area contributed by atoms with Gasteiger partial charge in [-0.2, -0.15) is 0 Å². The molecule has 2 heterocycles. The molecule has 0 radical (unpaired) electrons. The average molecular weight is 309 g/mol. The molecule has 1 aliphatic heterocycles. The number of para-hydroxylation sites is 2. The highest BCUT2D eigenvalue weighted by atomic mass is 15.2. The number of piperidine rings is 1. The number of rotatable bonds is 2. The number of fused-ring (bicyclic) bond motifs is 2. The number of aromatic nitrogens is 2. The zero-order valence-electron chi connectivity index (χ0n) is 14.3. The predicted molar refractivity (Wildman–Crippen MR) is 94.2 cm³/mol. The molecule has 2 aromatic rings. The molecular weight excluding hydrogens is 282 g/mol. The Morgan fingerprint density at radius 2 is 1.78 bits per heavy atom. The molecule has 0 unspecified atom stereocenters. The fourth-order valence-corrected chi connectivity index (χ4v) is 4.67. The van der Waals surface area contributed by atoms with Gasteiger partial charge in [0.25, 0.3) is 0 Å². The van der Waals surface area contributed by atoms with Crippen LogP contribution in [0.4, 0.5) is 0 Å². The summed E-state index contributed by atoms with van der Waals surface area (Å²) in [4.78, 5) is 12.4. The van der Waals surface area contributed by atoms with Crippen molar-refractivity contribution >= 4 is 11.0 Å². The Kier molecular flexibility index (Phi) is 4.06. The van der Waals surface area contributed by atoms with Crippen molar-refractivity contribution in [1.82, 2.24) is 14.9 Å². The van der Waals surface area contributed by atoms with Crippen LogP contribution in [0, 0.1) is 18.8 Å². The van der Waals surface area contributed by atoms with Gasteiger partial charge in [0.15, 0.2) is 0 Å². The van der Waals surface area contributed by atoms with Crippen LogP contribution in [0.1, 0.15) is 50.4 Å². The summed E-state index contributed by atoms with van der Waals surface area (Å²) in [6.45, 7) is 6.76. The van der Waals surface area contributed by atoms with Gasteiger partial charge < -0.3 is 0 Å². The molecule has 122 valence electrons. The molecule has 1 aliphatic carbocycles. The Morgan fingerprint density at radius 1 is 1.04 bits per heavy atom. The Morgan fingerprint density at radius 3 is 2.61 bits per heavy atom. The van der Waals surface area contributed by atoms with E-state index in [1.807, 2.05) is 6.07 Å². The van der Waals surface area contributed by atoms with E-state index in [9.17, 15) is 0 Å². The van der Waals surface area contributed by atoms with Gasteiger partial charge in [-0.25, -0.2) is 9.97 Å². The summed E-state index contributed by atoms with van der Waals surface area (Å²) in [6.07, 6.45) is 6.95. The normalized spacial score (nSPS) is 28.7. The molecule has 0 spiro atoms. The lowest BCUT2D eigenvalue weighted by atomic mass is 9.72. The fraction of sp³-hybridized carbons (Fsp3) is 0.600. The third-order valence-corrected chi connectivity index (χ3v) is 6.05. The van der Waals surface area contributed by atoms with Crippen LogP contribution in [0.2, 0.25) is 0 Å². The second kappa shape index (κ2) is 6.20. The summed E-state index contributed by atoms with van der Waals surface area (Å²) in [5.74, 6) is 1.78. The molecule has 1 aromatic heterocycles. The van der Waals surface area contributed by atoms with E-state index >= 15 is 0 Å². The Hall–Kier alpha value is -1.48. The van der Waals surface area contributed by atoms with Gasteiger partial charge in [-0.05, 0) is 56.7 Å². The standard InChI is InChI=1S/C20H27N3/c1-14-11-12-23(20-10-6-3-7-16(14)20)13-19-15(2)21-17-8-4-5-9-18(17)22-19/h4-5,8-9,14,16,20H,3,6-7,10-13H2,1-2H3/t14-,16-,20+/m0/s1. The largest absolute Gasteiger partial charge is 0.294 e. The molecule has 3 atom stereocenters. The lowest BCUT2D eigenvalue weighted by Gasteiger charge is -2.47. The molecule has 3 nitrogen and oxygen atoms in total. The topological polar surface area (TPSA) is 29.0 Å². The van der Waals surface area contributed by atoms with Crippen molar-refractivity contribution in [2.24, 2.45) is 11.8 Å². The summed E-state index contributed by atoms with van der Waals surface area (Å²) in [7, 11) is 0. The number of hydrogen-bond donors (Lipinski definition) is 0. The van der Waals surface area contributed by atoms with Crippen molar-refractivity contribution in [3.05, 3.63) is 35.7 Å². The van der Waals surface area contributed by atoms with Crippen LogP contribution in [0.15, 0.2) is 24.3 Å². The molecule has 0 N–H and O–H groups in total. The number of nitrogens with zero attached hydrogens (tertiary/aromatic N) is 3. The molecule has 3 heteroatoms. The van der Waals surface area contributed by atoms with E-state index in [2.05, 4.69) is 36.9 Å². The SMILES string of the molecule is Cc1nc2ccccc2nc1CN1CC[C@H](C)[C@@H]2CCCC[C@H]21. The smallest absolute Gasteiger partial charge is 0.0890 e. The van der Waals surface area contributed by atoms with Gasteiger partial charge in [0.2, 0.25) is 0 Å². The van der Waals surface area contributed by atoms with E-state index in [4.69, 9.17) is 9.97 Å². The highest BCUT2D eigenvalue weighted by Gasteiger charge is 2.37. The molecular formula is C20H27N3. The average Bonchev–Trinajstić information content (AvgIpc) is 2.58. The second-order valence-electron chi connectivity index (χ2n) is 7.50. The van der Waals surface area contributed by atoms with Crippen LogP contribution in [0.25, 0.3) is 11.0 Å². The van der Waals surface area contributed by atoms with E-state index in [1.165, 1.54) is 44.3 Å². The van der Waals surface area contributed by atoms with Gasteiger partial charge in [-0.1, -0.05) is 31.9 Å². The van der Waals surface area contributed by atoms with Gasteiger partial charge in [0.1, 0.15) is 0 Å². The molecule has 1 aromatic carbocycles. The molecule has 0 amide bonds. The summed E-state index contributed by atoms with van der Waals surface area (Å²) in [6, 6.07) is 8.98. The first-order chi connectivity index (χ1) is 11.2. The van der Waals surface area contributed by atoms with Crippen LogP contribution in [0.5, 0.6) is 0 Å². The number of aryl methyl sites for hydroxylation is 1. The molecule has 23 heavy (non-hydrogen) atoms. The Balaban J connectivity index is 1.60. The van der Waals surface area contributed by atoms with Crippen LogP contribution < -0.4 is 0 Å². The van der Waals surface area contributed by atoms with Crippen LogP contribution in [-0.4, -0.2) is 27.5 Å². The van der Waals surface area contributed by atoms with E-state index in [0.29, 0.717) is 0 Å². The lowest BCUT2D eigenvalue weighted by molar-refractivity contribution is 0.0195. The minimum absolute atomic E-state index is 0.764. The van der Waals surface area contributed by atoms with E-state index in [-0.39, 0.29) is 0 Å². The van der Waals surface area contributed by atoms with Crippen LogP contribution >= 0.6 is 0 Å². The fourth-order valence-electron chi connectivity index (χ4n) is 4.67. The molecule has 4 rings (SSSR count). The first-order valence-corrected chi connectivity index (χ1v) is 9.18. The molecule has 0 bridgehead atoms. The molecule has 2 fully saturated rings. The second-order valence-corrected chi connectivity index (χ2v) is 7.50. The first kappa shape index (κ1) is 15.1. The number of likely N-dealkylation sites (tertiary alicyclic amines) is 1. The summed E-state index contributed by atoms with van der Waals surface area (Å²) < 4.78 is 0. The third kappa shape index (κ3) is 2.87. The van der Waals surface area contributed by atoms with Crippen molar-refractivity contribution in [2.45, 2.75) is 58.5 Å². The minimum Gasteiger partial charge on any atom is -0.294 e. The van der Waals surface area contributed by atoms with E-state index in [0.717, 1.165) is 41.1 Å². The zero-order chi connectivity index (χ0) is 15.8. The number of benzene rings is 1. The third-order valence-electron chi connectivity index (χ3n) is 6.05. The summed E-state index contributed by atoms with van der Waals surface area (Å²) in [5, 5.41) is 0. The summed E-state index contributed by atoms with van der Waals surface area (Å²) in [5.41, 5.74) is 4.30. The maximum Gasteiger partial charge on any atom is 0.0890 e. The van der Waals surface area contributed by atoms with Gasteiger partial charge in [-0.3, -0.25) is 4.90 Å². The van der Waals surface area contributed by atoms with Crippen molar-refractivity contribution < 1.29 is 0 Å². The van der Waals surface area contributed by atoms with Crippen LogP contribution in [0.3, 0.4) is 0 Å². The van der Waals surface area contributed by atoms with Gasteiger partial charge in [0, 0.05) is 12.6 Å². The van der Waals surface area contributed by atoms with E-state index < -0.39 is 0 Å². The Bertz CT molecular complexity index is 696.